The van der Waals surface area contributed by atoms with E-state index < -0.39 is 0 Å². The molecule has 0 unspecified atom stereocenters. The highest BCUT2D eigenvalue weighted by molar-refractivity contribution is 7.30. The Hall–Kier alpha value is -3.96. The van der Waals surface area contributed by atoms with Crippen LogP contribution in [0.5, 0.6) is 0 Å². The molecule has 404 valence electrons. The van der Waals surface area contributed by atoms with Gasteiger partial charge >= 0.3 is 0 Å². The topological polar surface area (TPSA) is 0 Å². The summed E-state index contributed by atoms with van der Waals surface area (Å²) in [4.78, 5) is 20.0. The molecule has 0 amide bonds. The first-order valence-electron chi connectivity index (χ1n) is 29.5. The summed E-state index contributed by atoms with van der Waals surface area (Å²) >= 11 is 15.7. The molecule has 0 bridgehead atoms. The molecule has 0 saturated heterocycles. The van der Waals surface area contributed by atoms with E-state index in [0.717, 1.165) is 12.8 Å². The lowest BCUT2D eigenvalue weighted by Crippen LogP contribution is -2.12. The van der Waals surface area contributed by atoms with Gasteiger partial charge in [-0.1, -0.05) is 128 Å². The monoisotopic (exact) mass is 1170 g/mol. The van der Waals surface area contributed by atoms with Crippen LogP contribution in [0.25, 0.3) is 79.4 Å². The highest BCUT2D eigenvalue weighted by atomic mass is 32.1. The van der Waals surface area contributed by atoms with Gasteiger partial charge in [-0.25, -0.2) is 0 Å². The number of thiophene rings is 8. The van der Waals surface area contributed by atoms with Crippen LogP contribution in [0.4, 0.5) is 0 Å². The number of aryl methyl sites for hydroxylation is 4. The summed E-state index contributed by atoms with van der Waals surface area (Å²) in [6.07, 6.45) is 25.0. The molecule has 0 radical (unpaired) electrons. The Labute approximate surface area is 499 Å². The summed E-state index contributed by atoms with van der Waals surface area (Å²) in [7, 11) is 0. The van der Waals surface area contributed by atoms with E-state index in [0.29, 0.717) is 11.8 Å². The predicted octanol–water partition coefficient (Wildman–Crippen LogP) is 25.9. The van der Waals surface area contributed by atoms with Crippen molar-refractivity contribution in [2.45, 2.75) is 168 Å². The molecule has 2 aromatic carbocycles. The van der Waals surface area contributed by atoms with Crippen LogP contribution in [0.2, 0.25) is 0 Å². The fourth-order valence-corrected chi connectivity index (χ4v) is 20.8. The first-order valence-corrected chi connectivity index (χ1v) is 36.1. The average Bonchev–Trinajstić information content (AvgIpc) is 4.32. The van der Waals surface area contributed by atoms with Crippen LogP contribution >= 0.6 is 90.7 Å². The van der Waals surface area contributed by atoms with Crippen LogP contribution in [-0.4, -0.2) is 0 Å². The molecule has 0 spiro atoms. The third kappa shape index (κ3) is 13.2. The maximum absolute atomic E-state index is 2.53. The van der Waals surface area contributed by atoms with E-state index >= 15 is 0 Å². The zero-order chi connectivity index (χ0) is 53.2. The molecule has 8 aromatic heterocycles. The van der Waals surface area contributed by atoms with Crippen molar-refractivity contribution in [3.63, 3.8) is 0 Å². The molecule has 8 heterocycles. The molecular formula is C70H76S8. The highest BCUT2D eigenvalue weighted by Gasteiger charge is 2.25. The minimum Gasteiger partial charge on any atom is -0.143 e. The van der Waals surface area contributed by atoms with Gasteiger partial charge in [0.2, 0.25) is 0 Å². The second kappa shape index (κ2) is 27.2. The average molecular weight is 1170 g/mol. The van der Waals surface area contributed by atoms with Crippen molar-refractivity contribution in [1.29, 1.82) is 0 Å². The quantitative estimate of drug-likeness (QED) is 0.0474. The Morgan fingerprint density at radius 3 is 0.936 bits per heavy atom. The van der Waals surface area contributed by atoms with Gasteiger partial charge in [-0.2, -0.15) is 0 Å². The third-order valence-electron chi connectivity index (χ3n) is 16.2. The van der Waals surface area contributed by atoms with Gasteiger partial charge in [0, 0.05) is 68.3 Å². The Balaban J connectivity index is 0.729. The maximum Gasteiger partial charge on any atom is 0.0481 e. The van der Waals surface area contributed by atoms with Gasteiger partial charge in [0.05, 0.1) is 0 Å². The molecule has 1 saturated carbocycles. The van der Waals surface area contributed by atoms with E-state index in [-0.39, 0.29) is 0 Å². The smallest absolute Gasteiger partial charge is 0.0481 e. The van der Waals surface area contributed by atoms with Crippen molar-refractivity contribution in [3.8, 4) is 79.4 Å². The van der Waals surface area contributed by atoms with E-state index in [1.54, 1.807) is 0 Å². The van der Waals surface area contributed by atoms with Crippen LogP contribution in [0, 0.1) is 0 Å². The number of benzene rings is 2. The van der Waals surface area contributed by atoms with Crippen molar-refractivity contribution >= 4 is 90.7 Å². The lowest BCUT2D eigenvalue weighted by atomic mass is 9.76. The molecule has 1 aliphatic rings. The SMILES string of the molecule is CCCCCc1ccsc1-c1ccc(-c2ccc(-c3sc(-c4ccc(C5CCC(c6ccc(-c7cc(CCCCC)c(-c8ccc(-c9ccc(-c%10sccc%10CCCCC)s9)s8)s7)cc6)CC5)cc4)cc3CCCCC)s2)s1. The Morgan fingerprint density at radius 2 is 0.603 bits per heavy atom. The molecule has 0 nitrogen and oxygen atoms in total. The summed E-state index contributed by atoms with van der Waals surface area (Å²) in [5.74, 6) is 1.27. The first kappa shape index (κ1) is 55.9. The van der Waals surface area contributed by atoms with Gasteiger partial charge in [0.15, 0.2) is 0 Å². The highest BCUT2D eigenvalue weighted by Crippen LogP contribution is 2.50. The molecule has 1 aliphatic carbocycles. The summed E-state index contributed by atoms with van der Waals surface area (Å²) < 4.78 is 0. The molecule has 1 fully saturated rings. The molecule has 78 heavy (non-hydrogen) atoms. The van der Waals surface area contributed by atoms with Crippen LogP contribution in [0.3, 0.4) is 0 Å². The Kier molecular flexibility index (Phi) is 19.5. The van der Waals surface area contributed by atoms with Crippen LogP contribution in [0.1, 0.15) is 176 Å². The minimum atomic E-state index is 0.636. The van der Waals surface area contributed by atoms with E-state index in [1.165, 1.54) is 228 Å². The summed E-state index contributed by atoms with van der Waals surface area (Å²) in [6, 6.07) is 48.3. The second-order valence-electron chi connectivity index (χ2n) is 21.8. The van der Waals surface area contributed by atoms with E-state index in [9.17, 15) is 0 Å². The van der Waals surface area contributed by atoms with Gasteiger partial charge < -0.3 is 0 Å². The third-order valence-corrected chi connectivity index (χ3v) is 26.0. The maximum atomic E-state index is 2.53. The van der Waals surface area contributed by atoms with Gasteiger partial charge in [-0.05, 0) is 217 Å². The van der Waals surface area contributed by atoms with Gasteiger partial charge in [0.1, 0.15) is 0 Å². The van der Waals surface area contributed by atoms with E-state index in [2.05, 4.69) is 160 Å². The molecule has 0 atom stereocenters. The van der Waals surface area contributed by atoms with Crippen molar-refractivity contribution in [2.24, 2.45) is 0 Å². The fourth-order valence-electron chi connectivity index (χ4n) is 11.7. The number of hydrogen-bond acceptors (Lipinski definition) is 8. The van der Waals surface area contributed by atoms with Crippen molar-refractivity contribution in [3.05, 3.63) is 165 Å². The summed E-state index contributed by atoms with van der Waals surface area (Å²) in [5, 5.41) is 4.57. The molecule has 11 rings (SSSR count). The largest absolute Gasteiger partial charge is 0.143 e. The van der Waals surface area contributed by atoms with Crippen LogP contribution in [-0.2, 0) is 25.7 Å². The zero-order valence-electron chi connectivity index (χ0n) is 46.3. The molecule has 0 N–H and O–H groups in total. The van der Waals surface area contributed by atoms with E-state index in [4.69, 9.17) is 0 Å². The van der Waals surface area contributed by atoms with Crippen molar-refractivity contribution in [2.75, 3.05) is 0 Å². The lowest BCUT2D eigenvalue weighted by molar-refractivity contribution is 0.396. The fraction of sp³-hybridized carbons (Fsp3) is 0.371. The second-order valence-corrected chi connectivity index (χ2v) is 30.0. The summed E-state index contributed by atoms with van der Waals surface area (Å²) in [6.45, 7) is 9.22. The summed E-state index contributed by atoms with van der Waals surface area (Å²) in [5.41, 5.74) is 11.9. The normalized spacial score (nSPS) is 14.8. The first-order chi connectivity index (χ1) is 38.5. The molecular weight excluding hydrogens is 1100 g/mol. The molecule has 10 aromatic rings. The molecule has 8 heteroatoms. The van der Waals surface area contributed by atoms with Crippen molar-refractivity contribution < 1.29 is 0 Å². The lowest BCUT2D eigenvalue weighted by Gasteiger charge is -2.29. The predicted molar refractivity (Wildman–Crippen MR) is 356 cm³/mol. The van der Waals surface area contributed by atoms with Crippen molar-refractivity contribution in [1.82, 2.24) is 0 Å². The minimum absolute atomic E-state index is 0.636. The Bertz CT molecular complexity index is 3200. The number of rotatable bonds is 26. The van der Waals surface area contributed by atoms with Gasteiger partial charge in [-0.15, -0.1) is 90.7 Å². The van der Waals surface area contributed by atoms with E-state index in [1.807, 2.05) is 90.7 Å². The molecule has 0 aliphatic heterocycles. The standard InChI is InChI=1S/C70H76S8/c1-5-9-13-17-53-41-43-71-67(53)61-37-33-57(73-61)59-35-39-63(75-59)69-55(19-15-11-7-3)45-65(77-69)51-29-25-49(26-30-51)47-21-23-48(24-22-47)50-27-31-52(32-28-50)66-46-56(20-16-12-8-4)70(78-66)64-40-36-60(76-64)58-34-38-62(74-58)68-54(42-44-72-68)18-14-10-6-2/h25-48H,5-24H2,1-4H3. The van der Waals surface area contributed by atoms with Gasteiger partial charge in [-0.3, -0.25) is 0 Å². The number of unbranched alkanes of at least 4 members (excludes halogenated alkanes) is 8. The number of hydrogen-bond donors (Lipinski definition) is 0. The Morgan fingerprint density at radius 1 is 0.295 bits per heavy atom. The zero-order valence-corrected chi connectivity index (χ0v) is 52.8. The van der Waals surface area contributed by atoms with Crippen LogP contribution < -0.4 is 0 Å². The van der Waals surface area contributed by atoms with Gasteiger partial charge in [0.25, 0.3) is 0 Å². The van der Waals surface area contributed by atoms with Crippen LogP contribution in [0.15, 0.2) is 132 Å².